The van der Waals surface area contributed by atoms with Gasteiger partial charge in [0.05, 0.1) is 6.10 Å². The molecule has 3 saturated carbocycles. The van der Waals surface area contributed by atoms with Gasteiger partial charge in [0.1, 0.15) is 11.8 Å². The average Bonchev–Trinajstić information content (AvgIpc) is 2.81. The van der Waals surface area contributed by atoms with Crippen LogP contribution >= 0.6 is 12.6 Å². The van der Waals surface area contributed by atoms with Crippen molar-refractivity contribution in [1.29, 1.82) is 0 Å². The van der Waals surface area contributed by atoms with Gasteiger partial charge < -0.3 is 10.2 Å². The number of allylic oxidation sites excluding steroid dienone is 4. The Hall–Kier alpha value is -1.05. The summed E-state index contributed by atoms with van der Waals surface area (Å²) in [5.41, 5.74) is -6.53. The van der Waals surface area contributed by atoms with Gasteiger partial charge in [0.25, 0.3) is 0 Å². The quantitative estimate of drug-likeness (QED) is 0.579. The molecule has 4 rings (SSSR count). The van der Waals surface area contributed by atoms with Crippen LogP contribution in [0.4, 0.5) is 8.78 Å². The summed E-state index contributed by atoms with van der Waals surface area (Å²) in [5, 5.41) is 21.6. The monoisotopic (exact) mass is 412 g/mol. The van der Waals surface area contributed by atoms with Crippen molar-refractivity contribution in [3.63, 3.8) is 0 Å². The Morgan fingerprint density at radius 3 is 2.54 bits per heavy atom. The maximum Gasteiger partial charge on any atom is 0.218 e. The zero-order valence-corrected chi connectivity index (χ0v) is 17.0. The van der Waals surface area contributed by atoms with Crippen LogP contribution in [0, 0.1) is 28.6 Å². The standard InChI is InChI=1S/C21H26F2O4S/c1-10-6-12-13-8-15(22)14-7-11(24)4-5-18(14,2)20(13,23)16(25)9-19(12,3)21(10,27)17(26)28/h4-5,7,10,12-13,15-16,25,27H,6,8-9H2,1-3H3,(H,26,28)/t10-,12+,13+,15+,16+,18+,19+,20+,21+/m1/s1. The fraction of sp³-hybridized carbons (Fsp3) is 0.714. The van der Waals surface area contributed by atoms with E-state index in [0.29, 0.717) is 6.42 Å². The van der Waals surface area contributed by atoms with Crippen LogP contribution in [0.1, 0.15) is 40.0 Å². The molecule has 4 aliphatic carbocycles. The summed E-state index contributed by atoms with van der Waals surface area (Å²) in [6.07, 6.45) is 0.703. The summed E-state index contributed by atoms with van der Waals surface area (Å²) in [5.74, 6) is -2.29. The van der Waals surface area contributed by atoms with E-state index in [1.165, 1.54) is 19.1 Å². The fourth-order valence-corrected chi connectivity index (χ4v) is 7.47. The zero-order chi connectivity index (χ0) is 20.9. The second kappa shape index (κ2) is 5.76. The fourth-order valence-electron chi connectivity index (χ4n) is 7.00. The molecule has 0 aromatic rings. The number of thiol groups is 1. The molecular formula is C21H26F2O4S. The van der Waals surface area contributed by atoms with Gasteiger partial charge in [-0.15, -0.1) is 12.6 Å². The Morgan fingerprint density at radius 2 is 1.93 bits per heavy atom. The molecule has 0 aromatic heterocycles. The smallest absolute Gasteiger partial charge is 0.218 e. The lowest BCUT2D eigenvalue weighted by Gasteiger charge is -2.62. The molecule has 0 unspecified atom stereocenters. The molecule has 4 aliphatic rings. The van der Waals surface area contributed by atoms with E-state index in [9.17, 15) is 19.8 Å². The molecule has 0 aliphatic heterocycles. The molecule has 0 heterocycles. The molecule has 0 saturated heterocycles. The van der Waals surface area contributed by atoms with E-state index in [-0.39, 0.29) is 18.4 Å². The molecule has 2 N–H and O–H groups in total. The third-order valence-electron chi connectivity index (χ3n) is 8.54. The number of aliphatic hydroxyl groups excluding tert-OH is 1. The van der Waals surface area contributed by atoms with Crippen molar-refractivity contribution in [2.24, 2.45) is 28.6 Å². The summed E-state index contributed by atoms with van der Waals surface area (Å²) in [7, 11) is 0. The molecule has 154 valence electrons. The normalized spacial score (nSPS) is 55.2. The minimum atomic E-state index is -2.20. The van der Waals surface area contributed by atoms with E-state index in [1.54, 1.807) is 13.8 Å². The van der Waals surface area contributed by atoms with Gasteiger partial charge in [0.2, 0.25) is 5.12 Å². The molecule has 0 spiro atoms. The van der Waals surface area contributed by atoms with Gasteiger partial charge in [-0.3, -0.25) is 9.59 Å². The van der Waals surface area contributed by atoms with Gasteiger partial charge >= 0.3 is 0 Å². The van der Waals surface area contributed by atoms with Crippen molar-refractivity contribution in [2.45, 2.75) is 63.6 Å². The van der Waals surface area contributed by atoms with Gasteiger partial charge in [-0.1, -0.05) is 19.9 Å². The Morgan fingerprint density at radius 1 is 1.29 bits per heavy atom. The molecule has 3 fully saturated rings. The van der Waals surface area contributed by atoms with Crippen LogP contribution in [0.3, 0.4) is 0 Å². The van der Waals surface area contributed by atoms with Crippen LogP contribution in [0.25, 0.3) is 0 Å². The number of rotatable bonds is 1. The summed E-state index contributed by atoms with van der Waals surface area (Å²) in [4.78, 5) is 24.1. The van der Waals surface area contributed by atoms with Gasteiger partial charge in [-0.2, -0.15) is 0 Å². The van der Waals surface area contributed by atoms with Crippen molar-refractivity contribution in [2.75, 3.05) is 0 Å². The van der Waals surface area contributed by atoms with E-state index >= 15 is 8.78 Å². The largest absolute Gasteiger partial charge is 0.390 e. The summed E-state index contributed by atoms with van der Waals surface area (Å²) < 4.78 is 32.0. The van der Waals surface area contributed by atoms with Crippen LogP contribution < -0.4 is 0 Å². The van der Waals surface area contributed by atoms with E-state index in [0.717, 1.165) is 6.08 Å². The van der Waals surface area contributed by atoms with E-state index in [4.69, 9.17) is 0 Å². The number of carbonyl (C=O) groups is 2. The number of aliphatic hydroxyl groups is 2. The first-order valence-corrected chi connectivity index (χ1v) is 10.2. The maximum atomic E-state index is 16.8. The van der Waals surface area contributed by atoms with Crippen molar-refractivity contribution in [3.8, 4) is 0 Å². The Bertz CT molecular complexity index is 827. The predicted molar refractivity (Wildman–Crippen MR) is 102 cm³/mol. The summed E-state index contributed by atoms with van der Waals surface area (Å²) >= 11 is 3.90. The second-order valence-electron chi connectivity index (χ2n) is 9.57. The molecular weight excluding hydrogens is 386 g/mol. The molecule has 0 amide bonds. The topological polar surface area (TPSA) is 74.6 Å². The van der Waals surface area contributed by atoms with E-state index in [1.807, 2.05) is 0 Å². The highest BCUT2D eigenvalue weighted by atomic mass is 32.1. The lowest BCUT2D eigenvalue weighted by Crippen LogP contribution is -2.70. The first-order chi connectivity index (χ1) is 12.8. The highest BCUT2D eigenvalue weighted by Gasteiger charge is 2.76. The van der Waals surface area contributed by atoms with E-state index in [2.05, 4.69) is 12.6 Å². The molecule has 0 aromatic carbocycles. The van der Waals surface area contributed by atoms with Crippen LogP contribution in [0.2, 0.25) is 0 Å². The van der Waals surface area contributed by atoms with Crippen LogP contribution in [-0.2, 0) is 9.59 Å². The zero-order valence-electron chi connectivity index (χ0n) is 16.2. The molecule has 7 heteroatoms. The molecule has 4 nitrogen and oxygen atoms in total. The lowest BCUT2D eigenvalue weighted by atomic mass is 9.44. The lowest BCUT2D eigenvalue weighted by molar-refractivity contribution is -0.221. The van der Waals surface area contributed by atoms with Crippen LogP contribution in [0.5, 0.6) is 0 Å². The number of alkyl halides is 2. The third-order valence-corrected chi connectivity index (χ3v) is 8.88. The second-order valence-corrected chi connectivity index (χ2v) is 9.97. The summed E-state index contributed by atoms with van der Waals surface area (Å²) in [6, 6.07) is 0. The van der Waals surface area contributed by atoms with Gasteiger partial charge in [-0.25, -0.2) is 8.78 Å². The molecule has 0 radical (unpaired) electrons. The van der Waals surface area contributed by atoms with Gasteiger partial charge in [0.15, 0.2) is 11.5 Å². The van der Waals surface area contributed by atoms with E-state index < -0.39 is 63.0 Å². The van der Waals surface area contributed by atoms with Crippen LogP contribution in [-0.4, -0.2) is 44.7 Å². The van der Waals surface area contributed by atoms with Crippen molar-refractivity contribution < 1.29 is 28.6 Å². The van der Waals surface area contributed by atoms with Crippen molar-refractivity contribution in [1.82, 2.24) is 0 Å². The number of ketones is 1. The number of hydrogen-bond acceptors (Lipinski definition) is 4. The SMILES string of the molecule is C[C@@H]1C[C@H]2[C@@H]3C[C@H](F)C4=CC(=O)C=C[C@]4(C)[C@@]3(F)[C@@H](O)C[C@]2(C)[C@@]1(O)C(=O)S. The van der Waals surface area contributed by atoms with Crippen molar-refractivity contribution >= 4 is 23.5 Å². The Balaban J connectivity index is 1.88. The summed E-state index contributed by atoms with van der Waals surface area (Å²) in [6.45, 7) is 4.92. The highest BCUT2D eigenvalue weighted by molar-refractivity contribution is 7.96. The number of carbonyl (C=O) groups excluding carboxylic acids is 2. The first kappa shape index (κ1) is 20.2. The number of hydrogen-bond donors (Lipinski definition) is 3. The van der Waals surface area contributed by atoms with Gasteiger partial charge in [-0.05, 0) is 55.7 Å². The first-order valence-electron chi connectivity index (χ1n) is 9.76. The van der Waals surface area contributed by atoms with Crippen LogP contribution in [0.15, 0.2) is 23.8 Å². The Kier molecular flexibility index (Phi) is 4.16. The molecule has 9 atom stereocenters. The maximum absolute atomic E-state index is 16.8. The predicted octanol–water partition coefficient (Wildman–Crippen LogP) is 2.74. The van der Waals surface area contributed by atoms with Gasteiger partial charge in [0, 0.05) is 16.7 Å². The number of fused-ring (bicyclic) bond motifs is 5. The molecule has 28 heavy (non-hydrogen) atoms. The number of halogens is 2. The minimum absolute atomic E-state index is 0.0629. The average molecular weight is 412 g/mol. The highest BCUT2D eigenvalue weighted by Crippen LogP contribution is 2.71. The molecule has 0 bridgehead atoms. The van der Waals surface area contributed by atoms with Crippen molar-refractivity contribution in [3.05, 3.63) is 23.8 Å². The Labute approximate surface area is 168 Å². The third kappa shape index (κ3) is 2.03. The minimum Gasteiger partial charge on any atom is -0.390 e.